The molecule has 2 N–H and O–H groups in total. The van der Waals surface area contributed by atoms with E-state index in [2.05, 4.69) is 40.5 Å². The predicted octanol–water partition coefficient (Wildman–Crippen LogP) is 5.54. The maximum absolute atomic E-state index is 13.4. The molecular weight excluding hydrogens is 464 g/mol. The summed E-state index contributed by atoms with van der Waals surface area (Å²) in [6.45, 7) is 4.42. The Morgan fingerprint density at radius 3 is 2.43 bits per heavy atom. The second kappa shape index (κ2) is 12.9. The zero-order valence-corrected chi connectivity index (χ0v) is 21.5. The van der Waals surface area contributed by atoms with E-state index in [1.54, 1.807) is 0 Å². The van der Waals surface area contributed by atoms with Gasteiger partial charge in [-0.05, 0) is 61.4 Å². The summed E-state index contributed by atoms with van der Waals surface area (Å²) in [5.41, 5.74) is 4.99. The molecule has 0 saturated carbocycles. The number of hydrogen-bond donors (Lipinski definition) is 2. The molecule has 37 heavy (non-hydrogen) atoms. The number of aliphatic carboxylic acids is 1. The molecule has 6 heteroatoms. The van der Waals surface area contributed by atoms with Crippen molar-refractivity contribution < 1.29 is 19.4 Å². The van der Waals surface area contributed by atoms with E-state index in [0.717, 1.165) is 35.3 Å². The minimum absolute atomic E-state index is 0.0368. The van der Waals surface area contributed by atoms with Gasteiger partial charge in [0.25, 0.3) is 0 Å². The zero-order valence-electron chi connectivity index (χ0n) is 21.5. The Kier molecular flexibility index (Phi) is 9.19. The standard InChI is InChI=1S/C31H36N2O4/c1-2-37-28-21-23(15-16-24(28)17-18-30(35)36)22-29(34)32-31(25-11-5-3-6-12-25)26-13-7-8-14-27(26)33-19-9-4-10-20-33/h3,5-8,11-16,21,31H,2,4,9-10,17-20,22H2,1H3,(H,32,34)(H,35,36). The highest BCUT2D eigenvalue weighted by molar-refractivity contribution is 5.80. The van der Waals surface area contributed by atoms with E-state index in [4.69, 9.17) is 9.84 Å². The number of para-hydroxylation sites is 1. The summed E-state index contributed by atoms with van der Waals surface area (Å²) in [7, 11) is 0. The molecule has 3 aromatic carbocycles. The molecule has 3 aromatic rings. The maximum Gasteiger partial charge on any atom is 0.303 e. The number of hydrogen-bond acceptors (Lipinski definition) is 4. The lowest BCUT2D eigenvalue weighted by atomic mass is 9.95. The van der Waals surface area contributed by atoms with Gasteiger partial charge in [0.15, 0.2) is 0 Å². The van der Waals surface area contributed by atoms with Gasteiger partial charge in [0.2, 0.25) is 5.91 Å². The highest BCUT2D eigenvalue weighted by Gasteiger charge is 2.23. The molecule has 1 amide bonds. The number of carbonyl (C=O) groups is 2. The number of amides is 1. The lowest BCUT2D eigenvalue weighted by molar-refractivity contribution is -0.137. The normalized spacial score (nSPS) is 14.1. The van der Waals surface area contributed by atoms with E-state index in [-0.39, 0.29) is 24.8 Å². The highest BCUT2D eigenvalue weighted by atomic mass is 16.5. The third-order valence-corrected chi connectivity index (χ3v) is 6.79. The van der Waals surface area contributed by atoms with Gasteiger partial charge >= 0.3 is 5.97 Å². The lowest BCUT2D eigenvalue weighted by Gasteiger charge is -2.33. The van der Waals surface area contributed by atoms with Crippen LogP contribution in [0.2, 0.25) is 0 Å². The Balaban J connectivity index is 1.57. The van der Waals surface area contributed by atoms with Crippen LogP contribution < -0.4 is 15.0 Å². The molecule has 1 unspecified atom stereocenters. The highest BCUT2D eigenvalue weighted by Crippen LogP contribution is 2.32. The molecule has 1 heterocycles. The molecule has 1 aliphatic rings. The van der Waals surface area contributed by atoms with Gasteiger partial charge in [-0.1, -0.05) is 60.7 Å². The van der Waals surface area contributed by atoms with Crippen molar-refractivity contribution in [1.82, 2.24) is 5.32 Å². The number of benzene rings is 3. The molecule has 0 aliphatic carbocycles. The zero-order chi connectivity index (χ0) is 26.0. The summed E-state index contributed by atoms with van der Waals surface area (Å²) in [4.78, 5) is 26.8. The van der Waals surface area contributed by atoms with Crippen molar-refractivity contribution in [3.05, 3.63) is 95.1 Å². The molecule has 1 saturated heterocycles. The largest absolute Gasteiger partial charge is 0.494 e. The third kappa shape index (κ3) is 7.13. The molecule has 4 rings (SSSR count). The molecular formula is C31H36N2O4. The lowest BCUT2D eigenvalue weighted by Crippen LogP contribution is -2.34. The first-order chi connectivity index (χ1) is 18.0. The van der Waals surface area contributed by atoms with Crippen molar-refractivity contribution in [2.75, 3.05) is 24.6 Å². The van der Waals surface area contributed by atoms with Gasteiger partial charge < -0.3 is 20.1 Å². The van der Waals surface area contributed by atoms with Crippen LogP contribution in [-0.2, 0) is 22.4 Å². The number of nitrogens with one attached hydrogen (secondary N) is 1. The van der Waals surface area contributed by atoms with Gasteiger partial charge in [-0.2, -0.15) is 0 Å². The Hall–Kier alpha value is -3.80. The van der Waals surface area contributed by atoms with E-state index in [9.17, 15) is 9.59 Å². The average Bonchev–Trinajstić information content (AvgIpc) is 2.92. The van der Waals surface area contributed by atoms with E-state index < -0.39 is 5.97 Å². The van der Waals surface area contributed by atoms with Gasteiger partial charge in [0.1, 0.15) is 5.75 Å². The van der Waals surface area contributed by atoms with Crippen LogP contribution in [0.1, 0.15) is 60.9 Å². The van der Waals surface area contributed by atoms with Crippen LogP contribution >= 0.6 is 0 Å². The summed E-state index contributed by atoms with van der Waals surface area (Å²) in [5.74, 6) is -0.283. The van der Waals surface area contributed by atoms with Crippen LogP contribution in [0.4, 0.5) is 5.69 Å². The molecule has 1 atom stereocenters. The number of piperidine rings is 1. The van der Waals surface area contributed by atoms with Crippen LogP contribution in [0.15, 0.2) is 72.8 Å². The molecule has 0 bridgehead atoms. The topological polar surface area (TPSA) is 78.9 Å². The second-order valence-electron chi connectivity index (χ2n) is 9.46. The van der Waals surface area contributed by atoms with Crippen LogP contribution in [0, 0.1) is 0 Å². The molecule has 1 fully saturated rings. The Bertz CT molecular complexity index is 1190. The number of carboxylic acids is 1. The molecule has 194 valence electrons. The Labute approximate surface area is 219 Å². The Morgan fingerprint density at radius 2 is 1.70 bits per heavy atom. The number of anilines is 1. The van der Waals surface area contributed by atoms with E-state index >= 15 is 0 Å². The number of nitrogens with zero attached hydrogens (tertiary/aromatic N) is 1. The smallest absolute Gasteiger partial charge is 0.303 e. The molecule has 0 spiro atoms. The van der Waals surface area contributed by atoms with Gasteiger partial charge in [-0.15, -0.1) is 0 Å². The second-order valence-corrected chi connectivity index (χ2v) is 9.46. The number of rotatable bonds is 11. The number of ether oxygens (including phenoxy) is 1. The van der Waals surface area contributed by atoms with Gasteiger partial charge in [0.05, 0.1) is 19.1 Å². The number of carboxylic acid groups (broad SMARTS) is 1. The quantitative estimate of drug-likeness (QED) is 0.361. The van der Waals surface area contributed by atoms with E-state index in [1.165, 1.54) is 24.9 Å². The fourth-order valence-electron chi connectivity index (χ4n) is 4.98. The fourth-order valence-corrected chi connectivity index (χ4v) is 4.98. The summed E-state index contributed by atoms with van der Waals surface area (Å²) >= 11 is 0. The predicted molar refractivity (Wildman–Crippen MR) is 146 cm³/mol. The van der Waals surface area contributed by atoms with Crippen molar-refractivity contribution in [2.45, 2.75) is 51.5 Å². The van der Waals surface area contributed by atoms with Crippen molar-refractivity contribution in [3.8, 4) is 5.75 Å². The van der Waals surface area contributed by atoms with Crippen LogP contribution in [0.5, 0.6) is 5.75 Å². The van der Waals surface area contributed by atoms with Gasteiger partial charge in [0, 0.05) is 30.8 Å². The first-order valence-corrected chi connectivity index (χ1v) is 13.2. The first kappa shape index (κ1) is 26.3. The summed E-state index contributed by atoms with van der Waals surface area (Å²) in [6, 6.07) is 23.8. The summed E-state index contributed by atoms with van der Waals surface area (Å²) < 4.78 is 5.76. The maximum atomic E-state index is 13.4. The molecule has 0 aromatic heterocycles. The minimum atomic E-state index is -0.845. The van der Waals surface area contributed by atoms with Crippen molar-refractivity contribution in [1.29, 1.82) is 0 Å². The Morgan fingerprint density at radius 1 is 0.973 bits per heavy atom. The van der Waals surface area contributed by atoms with E-state index in [0.29, 0.717) is 18.8 Å². The monoisotopic (exact) mass is 500 g/mol. The van der Waals surface area contributed by atoms with Gasteiger partial charge in [-0.25, -0.2) is 0 Å². The summed E-state index contributed by atoms with van der Waals surface area (Å²) in [5, 5.41) is 12.3. The summed E-state index contributed by atoms with van der Waals surface area (Å²) in [6.07, 6.45) is 4.25. The van der Waals surface area contributed by atoms with Crippen molar-refractivity contribution >= 4 is 17.6 Å². The van der Waals surface area contributed by atoms with Crippen LogP contribution in [-0.4, -0.2) is 36.7 Å². The number of aryl methyl sites for hydroxylation is 1. The average molecular weight is 501 g/mol. The molecule has 0 radical (unpaired) electrons. The fraction of sp³-hybridized carbons (Fsp3) is 0.355. The van der Waals surface area contributed by atoms with Gasteiger partial charge in [-0.3, -0.25) is 9.59 Å². The SMILES string of the molecule is CCOc1cc(CC(=O)NC(c2ccccc2)c2ccccc2N2CCCCC2)ccc1CCC(=O)O. The first-order valence-electron chi connectivity index (χ1n) is 13.2. The van der Waals surface area contributed by atoms with Crippen molar-refractivity contribution in [3.63, 3.8) is 0 Å². The van der Waals surface area contributed by atoms with Crippen LogP contribution in [0.3, 0.4) is 0 Å². The van der Waals surface area contributed by atoms with E-state index in [1.807, 2.05) is 49.4 Å². The van der Waals surface area contributed by atoms with Crippen LogP contribution in [0.25, 0.3) is 0 Å². The number of carbonyl (C=O) groups excluding carboxylic acids is 1. The minimum Gasteiger partial charge on any atom is -0.494 e. The molecule has 6 nitrogen and oxygen atoms in total. The third-order valence-electron chi connectivity index (χ3n) is 6.79. The van der Waals surface area contributed by atoms with Crippen molar-refractivity contribution in [2.24, 2.45) is 0 Å². The molecule has 1 aliphatic heterocycles.